The highest BCUT2D eigenvalue weighted by atomic mass is 16.5. The zero-order valence-corrected chi connectivity index (χ0v) is 12.0. The highest BCUT2D eigenvalue weighted by molar-refractivity contribution is 5.94. The molecule has 106 valence electrons. The number of hydrogen-bond acceptors (Lipinski definition) is 4. The molecule has 19 heavy (non-hydrogen) atoms. The minimum absolute atomic E-state index is 0.138. The van der Waals surface area contributed by atoms with Crippen molar-refractivity contribution in [3.05, 3.63) is 12.3 Å². The van der Waals surface area contributed by atoms with Crippen LogP contribution in [0.15, 0.2) is 12.3 Å². The molecule has 0 aliphatic carbocycles. The largest absolute Gasteiger partial charge is 0.452 e. The van der Waals surface area contributed by atoms with Crippen molar-refractivity contribution in [2.45, 2.75) is 46.8 Å². The first-order valence-electron chi connectivity index (χ1n) is 6.37. The summed E-state index contributed by atoms with van der Waals surface area (Å²) < 4.78 is 6.73. The zero-order valence-electron chi connectivity index (χ0n) is 12.0. The molecular formula is C13H21N3O3. The van der Waals surface area contributed by atoms with Gasteiger partial charge in [-0.05, 0) is 20.8 Å². The van der Waals surface area contributed by atoms with Crippen LogP contribution in [0.2, 0.25) is 0 Å². The molecule has 0 radical (unpaired) electrons. The van der Waals surface area contributed by atoms with Crippen LogP contribution in [0.3, 0.4) is 0 Å². The maximum atomic E-state index is 11.9. The van der Waals surface area contributed by atoms with Gasteiger partial charge in [0.15, 0.2) is 6.10 Å². The highest BCUT2D eigenvalue weighted by Gasteiger charge is 2.20. The van der Waals surface area contributed by atoms with Gasteiger partial charge in [0.1, 0.15) is 5.82 Å². The van der Waals surface area contributed by atoms with Crippen LogP contribution < -0.4 is 5.32 Å². The third-order valence-electron chi connectivity index (χ3n) is 2.54. The lowest BCUT2D eigenvalue weighted by Gasteiger charge is -2.16. The monoisotopic (exact) mass is 267 g/mol. The molecule has 1 aromatic heterocycles. The van der Waals surface area contributed by atoms with Crippen LogP contribution in [0.5, 0.6) is 0 Å². The van der Waals surface area contributed by atoms with Gasteiger partial charge in [0.2, 0.25) is 0 Å². The minimum Gasteiger partial charge on any atom is -0.452 e. The standard InChI is InChI=1S/C13H21N3O3/c1-8(2)13(18)19-10(5)12(17)15-11-6-7-14-16(11)9(3)4/h6-10H,1-5H3,(H,15,17)/t10-/m0/s1. The van der Waals surface area contributed by atoms with Crippen LogP contribution in [0.25, 0.3) is 0 Å². The zero-order chi connectivity index (χ0) is 14.6. The smallest absolute Gasteiger partial charge is 0.309 e. The summed E-state index contributed by atoms with van der Waals surface area (Å²) in [5, 5.41) is 6.81. The van der Waals surface area contributed by atoms with Gasteiger partial charge < -0.3 is 10.1 Å². The van der Waals surface area contributed by atoms with E-state index in [-0.39, 0.29) is 23.8 Å². The van der Waals surface area contributed by atoms with Gasteiger partial charge in [0.25, 0.3) is 5.91 Å². The average Bonchev–Trinajstić information content (AvgIpc) is 2.76. The fourth-order valence-electron chi connectivity index (χ4n) is 1.42. The molecular weight excluding hydrogens is 246 g/mol. The fraction of sp³-hybridized carbons (Fsp3) is 0.615. The number of anilines is 1. The van der Waals surface area contributed by atoms with Gasteiger partial charge in [0, 0.05) is 12.1 Å². The third-order valence-corrected chi connectivity index (χ3v) is 2.54. The fourth-order valence-corrected chi connectivity index (χ4v) is 1.42. The number of carbonyl (C=O) groups excluding carboxylic acids is 2. The van der Waals surface area contributed by atoms with Crippen molar-refractivity contribution in [3.8, 4) is 0 Å². The summed E-state index contributed by atoms with van der Waals surface area (Å²) in [5.41, 5.74) is 0. The molecule has 0 aliphatic rings. The summed E-state index contributed by atoms with van der Waals surface area (Å²) in [4.78, 5) is 23.3. The van der Waals surface area contributed by atoms with Gasteiger partial charge in [-0.25, -0.2) is 4.68 Å². The van der Waals surface area contributed by atoms with Crippen molar-refractivity contribution in [2.75, 3.05) is 5.32 Å². The van der Waals surface area contributed by atoms with Gasteiger partial charge in [-0.2, -0.15) is 5.10 Å². The van der Waals surface area contributed by atoms with E-state index in [1.807, 2.05) is 13.8 Å². The molecule has 0 bridgehead atoms. The van der Waals surface area contributed by atoms with Crippen molar-refractivity contribution in [1.82, 2.24) is 9.78 Å². The first-order valence-corrected chi connectivity index (χ1v) is 6.37. The second-order valence-corrected chi connectivity index (χ2v) is 4.98. The number of carbonyl (C=O) groups is 2. The number of nitrogens with one attached hydrogen (secondary N) is 1. The number of esters is 1. The highest BCUT2D eigenvalue weighted by Crippen LogP contribution is 2.13. The van der Waals surface area contributed by atoms with Crippen molar-refractivity contribution >= 4 is 17.7 Å². The molecule has 0 unspecified atom stereocenters. The Balaban J connectivity index is 2.64. The summed E-state index contributed by atoms with van der Waals surface area (Å²) in [6, 6.07) is 1.84. The lowest BCUT2D eigenvalue weighted by molar-refractivity contribution is -0.156. The Bertz CT molecular complexity index is 452. The second-order valence-electron chi connectivity index (χ2n) is 4.98. The van der Waals surface area contributed by atoms with E-state index in [9.17, 15) is 9.59 Å². The average molecular weight is 267 g/mol. The predicted molar refractivity (Wildman–Crippen MR) is 71.6 cm³/mol. The molecule has 1 N–H and O–H groups in total. The summed E-state index contributed by atoms with van der Waals surface area (Å²) in [6.07, 6.45) is 0.783. The van der Waals surface area contributed by atoms with Crippen LogP contribution in [-0.2, 0) is 14.3 Å². The molecule has 0 aromatic carbocycles. The van der Waals surface area contributed by atoms with Crippen molar-refractivity contribution in [2.24, 2.45) is 5.92 Å². The molecule has 0 spiro atoms. The molecule has 6 nitrogen and oxygen atoms in total. The molecule has 1 aromatic rings. The van der Waals surface area contributed by atoms with E-state index in [2.05, 4.69) is 10.4 Å². The van der Waals surface area contributed by atoms with Crippen LogP contribution in [0, 0.1) is 5.92 Å². The van der Waals surface area contributed by atoms with E-state index in [4.69, 9.17) is 4.74 Å². The molecule has 1 heterocycles. The second kappa shape index (κ2) is 6.36. The van der Waals surface area contributed by atoms with Gasteiger partial charge in [-0.3, -0.25) is 9.59 Å². The topological polar surface area (TPSA) is 73.2 Å². The van der Waals surface area contributed by atoms with Crippen molar-refractivity contribution in [3.63, 3.8) is 0 Å². The predicted octanol–water partition coefficient (Wildman–Crippen LogP) is 1.99. The Morgan fingerprint density at radius 3 is 2.42 bits per heavy atom. The Morgan fingerprint density at radius 1 is 1.26 bits per heavy atom. The van der Waals surface area contributed by atoms with Crippen LogP contribution in [-0.4, -0.2) is 27.8 Å². The number of ether oxygens (including phenoxy) is 1. The quantitative estimate of drug-likeness (QED) is 0.828. The van der Waals surface area contributed by atoms with Crippen molar-refractivity contribution < 1.29 is 14.3 Å². The molecule has 0 aliphatic heterocycles. The molecule has 1 rings (SSSR count). The summed E-state index contributed by atoms with van der Waals surface area (Å²) in [7, 11) is 0. The van der Waals surface area contributed by atoms with Crippen LogP contribution in [0.4, 0.5) is 5.82 Å². The van der Waals surface area contributed by atoms with Gasteiger partial charge in [-0.15, -0.1) is 0 Å². The maximum Gasteiger partial charge on any atom is 0.309 e. The Kier molecular flexibility index (Phi) is 5.09. The van der Waals surface area contributed by atoms with E-state index >= 15 is 0 Å². The summed E-state index contributed by atoms with van der Waals surface area (Å²) >= 11 is 0. The first kappa shape index (κ1) is 15.2. The Labute approximate surface area is 113 Å². The normalized spacial score (nSPS) is 12.6. The molecule has 0 saturated heterocycles. The molecule has 6 heteroatoms. The molecule has 1 amide bonds. The summed E-state index contributed by atoms with van der Waals surface area (Å²) in [5.74, 6) is -0.416. The van der Waals surface area contributed by atoms with E-state index in [1.54, 1.807) is 37.7 Å². The number of amides is 1. The van der Waals surface area contributed by atoms with Crippen LogP contribution >= 0.6 is 0 Å². The lowest BCUT2D eigenvalue weighted by atomic mass is 10.2. The van der Waals surface area contributed by atoms with Crippen LogP contribution in [0.1, 0.15) is 40.7 Å². The number of hydrogen-bond donors (Lipinski definition) is 1. The molecule has 0 saturated carbocycles. The van der Waals surface area contributed by atoms with E-state index in [1.165, 1.54) is 0 Å². The van der Waals surface area contributed by atoms with Gasteiger partial charge >= 0.3 is 5.97 Å². The molecule has 0 fully saturated rings. The van der Waals surface area contributed by atoms with E-state index < -0.39 is 6.10 Å². The van der Waals surface area contributed by atoms with Crippen molar-refractivity contribution in [1.29, 1.82) is 0 Å². The number of aromatic nitrogens is 2. The maximum absolute atomic E-state index is 11.9. The Hall–Kier alpha value is -1.85. The lowest BCUT2D eigenvalue weighted by Crippen LogP contribution is -2.32. The van der Waals surface area contributed by atoms with E-state index in [0.29, 0.717) is 5.82 Å². The minimum atomic E-state index is -0.828. The number of rotatable bonds is 5. The number of nitrogens with zero attached hydrogens (tertiary/aromatic N) is 2. The van der Waals surface area contributed by atoms with Gasteiger partial charge in [-0.1, -0.05) is 13.8 Å². The summed E-state index contributed by atoms with van der Waals surface area (Å²) in [6.45, 7) is 8.92. The third kappa shape index (κ3) is 4.08. The first-order chi connectivity index (χ1) is 8.82. The SMILES string of the molecule is CC(C)C(=O)O[C@@H](C)C(=O)Nc1ccnn1C(C)C. The van der Waals surface area contributed by atoms with Gasteiger partial charge in [0.05, 0.1) is 12.1 Å². The molecule has 1 atom stereocenters. The van der Waals surface area contributed by atoms with E-state index in [0.717, 1.165) is 0 Å². The Morgan fingerprint density at radius 2 is 1.89 bits per heavy atom.